The Bertz CT molecular complexity index is 611. The van der Waals surface area contributed by atoms with Gasteiger partial charge in [-0.1, -0.05) is 24.3 Å². The monoisotopic (exact) mass is 309 g/mol. The number of rotatable bonds is 5. The Morgan fingerprint density at radius 1 is 1.22 bits per heavy atom. The molecule has 1 saturated heterocycles. The van der Waals surface area contributed by atoms with Gasteiger partial charge in [0.25, 0.3) is 0 Å². The number of pyridine rings is 1. The minimum absolute atomic E-state index is 0.806. The minimum Gasteiger partial charge on any atom is -0.306 e. The van der Waals surface area contributed by atoms with E-state index in [4.69, 9.17) is 0 Å². The van der Waals surface area contributed by atoms with Crippen molar-refractivity contribution in [3.8, 4) is 11.1 Å². The Morgan fingerprint density at radius 2 is 2.09 bits per heavy atom. The van der Waals surface area contributed by atoms with Gasteiger partial charge >= 0.3 is 0 Å². The molecule has 1 aromatic heterocycles. The molecular weight excluding hydrogens is 282 g/mol. The molecule has 1 aromatic carbocycles. The average molecular weight is 309 g/mol. The van der Waals surface area contributed by atoms with Crippen LogP contribution >= 0.6 is 0 Å². The van der Waals surface area contributed by atoms with E-state index in [-0.39, 0.29) is 0 Å². The fourth-order valence-corrected chi connectivity index (χ4v) is 3.62. The number of piperidine rings is 1. The summed E-state index contributed by atoms with van der Waals surface area (Å²) in [5.41, 5.74) is 3.81. The standard InChI is InChI=1S/C20H27N3/c1-22-11-5-7-18(15-22)16-23(2)14-17-6-3-8-19(12-17)20-9-4-10-21-13-20/h3-4,6,8-10,12-13,18H,5,7,11,14-16H2,1-2H3. The van der Waals surface area contributed by atoms with Crippen LogP contribution in [0.25, 0.3) is 11.1 Å². The summed E-state index contributed by atoms with van der Waals surface area (Å²) in [5.74, 6) is 0.806. The summed E-state index contributed by atoms with van der Waals surface area (Å²) in [6.07, 6.45) is 6.46. The highest BCUT2D eigenvalue weighted by Gasteiger charge is 2.18. The minimum atomic E-state index is 0.806. The van der Waals surface area contributed by atoms with Gasteiger partial charge in [0.05, 0.1) is 0 Å². The lowest BCUT2D eigenvalue weighted by Gasteiger charge is -2.32. The van der Waals surface area contributed by atoms with Crippen LogP contribution in [0.2, 0.25) is 0 Å². The van der Waals surface area contributed by atoms with Crippen molar-refractivity contribution < 1.29 is 0 Å². The molecule has 3 nitrogen and oxygen atoms in total. The lowest BCUT2D eigenvalue weighted by molar-refractivity contribution is 0.164. The Kier molecular flexibility index (Phi) is 5.42. The molecule has 0 radical (unpaired) electrons. The Hall–Kier alpha value is -1.71. The SMILES string of the molecule is CN1CCCC(CN(C)Cc2cccc(-c3cccnc3)c2)C1. The second-order valence-corrected chi connectivity index (χ2v) is 6.91. The van der Waals surface area contributed by atoms with E-state index >= 15 is 0 Å². The molecule has 1 unspecified atom stereocenters. The van der Waals surface area contributed by atoms with E-state index in [0.29, 0.717) is 0 Å². The quantitative estimate of drug-likeness (QED) is 0.842. The van der Waals surface area contributed by atoms with E-state index in [1.54, 1.807) is 0 Å². The third-order valence-electron chi connectivity index (χ3n) is 4.67. The zero-order valence-electron chi connectivity index (χ0n) is 14.3. The number of likely N-dealkylation sites (tertiary alicyclic amines) is 1. The third-order valence-corrected chi connectivity index (χ3v) is 4.67. The summed E-state index contributed by atoms with van der Waals surface area (Å²) < 4.78 is 0. The van der Waals surface area contributed by atoms with Gasteiger partial charge in [0.2, 0.25) is 0 Å². The number of nitrogens with zero attached hydrogens (tertiary/aromatic N) is 3. The molecule has 1 atom stereocenters. The number of aromatic nitrogens is 1. The van der Waals surface area contributed by atoms with Gasteiger partial charge in [-0.05, 0) is 68.2 Å². The van der Waals surface area contributed by atoms with Gasteiger partial charge in [-0.3, -0.25) is 4.98 Å². The van der Waals surface area contributed by atoms with Gasteiger partial charge < -0.3 is 9.80 Å². The highest BCUT2D eigenvalue weighted by Crippen LogP contribution is 2.21. The fourth-order valence-electron chi connectivity index (χ4n) is 3.62. The van der Waals surface area contributed by atoms with Crippen LogP contribution in [-0.2, 0) is 6.54 Å². The Balaban J connectivity index is 1.61. The lowest BCUT2D eigenvalue weighted by atomic mass is 9.97. The number of hydrogen-bond donors (Lipinski definition) is 0. The van der Waals surface area contributed by atoms with Crippen molar-refractivity contribution in [1.82, 2.24) is 14.8 Å². The maximum Gasteiger partial charge on any atom is 0.0346 e. The van der Waals surface area contributed by atoms with Crippen molar-refractivity contribution in [3.63, 3.8) is 0 Å². The molecule has 2 heterocycles. The van der Waals surface area contributed by atoms with Crippen molar-refractivity contribution in [2.75, 3.05) is 33.7 Å². The van der Waals surface area contributed by atoms with Crippen LogP contribution in [0.4, 0.5) is 0 Å². The van der Waals surface area contributed by atoms with Crippen molar-refractivity contribution in [3.05, 3.63) is 54.4 Å². The van der Waals surface area contributed by atoms with Crippen molar-refractivity contribution >= 4 is 0 Å². The molecule has 3 rings (SSSR count). The van der Waals surface area contributed by atoms with Crippen LogP contribution < -0.4 is 0 Å². The summed E-state index contributed by atoms with van der Waals surface area (Å²) >= 11 is 0. The molecule has 23 heavy (non-hydrogen) atoms. The first kappa shape index (κ1) is 16.2. The molecule has 1 aliphatic rings. The van der Waals surface area contributed by atoms with Crippen LogP contribution in [0.1, 0.15) is 18.4 Å². The second kappa shape index (κ2) is 7.71. The summed E-state index contributed by atoms with van der Waals surface area (Å²) in [6.45, 7) is 4.68. The fraction of sp³-hybridized carbons (Fsp3) is 0.450. The Labute approximate surface area is 140 Å². The van der Waals surface area contributed by atoms with E-state index in [1.165, 1.54) is 49.2 Å². The van der Waals surface area contributed by atoms with E-state index in [9.17, 15) is 0 Å². The zero-order chi connectivity index (χ0) is 16.1. The molecule has 2 aromatic rings. The van der Waals surface area contributed by atoms with E-state index in [0.717, 1.165) is 12.5 Å². The first-order valence-corrected chi connectivity index (χ1v) is 8.57. The van der Waals surface area contributed by atoms with Gasteiger partial charge in [0.15, 0.2) is 0 Å². The van der Waals surface area contributed by atoms with Gasteiger partial charge in [-0.2, -0.15) is 0 Å². The number of hydrogen-bond acceptors (Lipinski definition) is 3. The topological polar surface area (TPSA) is 19.4 Å². The van der Waals surface area contributed by atoms with Crippen LogP contribution in [0.15, 0.2) is 48.8 Å². The molecule has 0 saturated carbocycles. The average Bonchev–Trinajstić information content (AvgIpc) is 2.56. The van der Waals surface area contributed by atoms with Crippen LogP contribution in [0.3, 0.4) is 0 Å². The molecule has 1 fully saturated rings. The maximum absolute atomic E-state index is 4.22. The maximum atomic E-state index is 4.22. The van der Waals surface area contributed by atoms with Crippen LogP contribution in [-0.4, -0.2) is 48.5 Å². The number of benzene rings is 1. The van der Waals surface area contributed by atoms with Gasteiger partial charge in [0, 0.05) is 32.0 Å². The predicted octanol–water partition coefficient (Wildman–Crippen LogP) is 3.52. The first-order valence-electron chi connectivity index (χ1n) is 8.57. The van der Waals surface area contributed by atoms with Crippen molar-refractivity contribution in [1.29, 1.82) is 0 Å². The third kappa shape index (κ3) is 4.63. The van der Waals surface area contributed by atoms with Crippen LogP contribution in [0.5, 0.6) is 0 Å². The Morgan fingerprint density at radius 3 is 2.87 bits per heavy atom. The molecule has 3 heteroatoms. The first-order chi connectivity index (χ1) is 11.2. The smallest absolute Gasteiger partial charge is 0.0346 e. The summed E-state index contributed by atoms with van der Waals surface area (Å²) in [6, 6.07) is 12.9. The molecule has 0 amide bonds. The molecule has 0 N–H and O–H groups in total. The predicted molar refractivity (Wildman–Crippen MR) is 96.2 cm³/mol. The molecule has 0 bridgehead atoms. The van der Waals surface area contributed by atoms with Crippen molar-refractivity contribution in [2.24, 2.45) is 5.92 Å². The van der Waals surface area contributed by atoms with E-state index < -0.39 is 0 Å². The van der Waals surface area contributed by atoms with Gasteiger partial charge in [-0.15, -0.1) is 0 Å². The normalized spacial score (nSPS) is 19.2. The summed E-state index contributed by atoms with van der Waals surface area (Å²) in [7, 11) is 4.48. The molecule has 122 valence electrons. The highest BCUT2D eigenvalue weighted by molar-refractivity contribution is 5.62. The molecule has 0 aliphatic carbocycles. The molecule has 0 spiro atoms. The van der Waals surface area contributed by atoms with E-state index in [2.05, 4.69) is 59.2 Å². The molecule has 1 aliphatic heterocycles. The van der Waals surface area contributed by atoms with Crippen molar-refractivity contribution in [2.45, 2.75) is 19.4 Å². The summed E-state index contributed by atoms with van der Waals surface area (Å²) in [4.78, 5) is 9.15. The highest BCUT2D eigenvalue weighted by atomic mass is 15.1. The largest absolute Gasteiger partial charge is 0.306 e. The van der Waals surface area contributed by atoms with Gasteiger partial charge in [0.1, 0.15) is 0 Å². The van der Waals surface area contributed by atoms with Gasteiger partial charge in [-0.25, -0.2) is 0 Å². The second-order valence-electron chi connectivity index (χ2n) is 6.91. The van der Waals surface area contributed by atoms with Crippen LogP contribution in [0, 0.1) is 5.92 Å². The summed E-state index contributed by atoms with van der Waals surface area (Å²) in [5, 5.41) is 0. The zero-order valence-corrected chi connectivity index (χ0v) is 14.3. The lowest BCUT2D eigenvalue weighted by Crippen LogP contribution is -2.37. The van der Waals surface area contributed by atoms with E-state index in [1.807, 2.05) is 18.5 Å². The molecular formula is C20H27N3.